The van der Waals surface area contributed by atoms with Crippen molar-refractivity contribution in [1.29, 1.82) is 0 Å². The molecular formula is C14H19ClN2O3. The van der Waals surface area contributed by atoms with Gasteiger partial charge in [0.1, 0.15) is 0 Å². The largest absolute Gasteiger partial charge is 0.465 e. The van der Waals surface area contributed by atoms with Crippen LogP contribution in [0.4, 0.5) is 5.69 Å². The van der Waals surface area contributed by atoms with Gasteiger partial charge >= 0.3 is 5.97 Å². The molecular weight excluding hydrogens is 280 g/mol. The predicted molar refractivity (Wildman–Crippen MR) is 79.2 cm³/mol. The number of halogens is 1. The van der Waals surface area contributed by atoms with Gasteiger partial charge in [0, 0.05) is 5.54 Å². The first-order chi connectivity index (χ1) is 9.23. The standard InChI is InChI=1S/C14H19ClN2O3/c1-14(2,3)17-12(18)8-16-11-7-9(13(19)20-4)5-6-10(11)15/h5-7,16H,8H2,1-4H3,(H,17,18). The van der Waals surface area contributed by atoms with Gasteiger partial charge in [-0.3, -0.25) is 4.79 Å². The van der Waals surface area contributed by atoms with Crippen LogP contribution in [0.1, 0.15) is 31.1 Å². The molecule has 0 aromatic heterocycles. The minimum absolute atomic E-state index is 0.0710. The normalized spacial score (nSPS) is 10.8. The van der Waals surface area contributed by atoms with E-state index >= 15 is 0 Å². The molecule has 6 heteroatoms. The number of carbonyl (C=O) groups is 2. The molecule has 0 aliphatic rings. The summed E-state index contributed by atoms with van der Waals surface area (Å²) in [6, 6.07) is 4.70. The number of anilines is 1. The second-order valence-corrected chi connectivity index (χ2v) is 5.75. The molecule has 1 rings (SSSR count). The maximum atomic E-state index is 11.7. The Hall–Kier alpha value is -1.75. The van der Waals surface area contributed by atoms with Crippen LogP contribution < -0.4 is 10.6 Å². The fraction of sp³-hybridized carbons (Fsp3) is 0.429. The van der Waals surface area contributed by atoms with Gasteiger partial charge in [-0.2, -0.15) is 0 Å². The molecule has 0 aliphatic carbocycles. The van der Waals surface area contributed by atoms with Crippen molar-refractivity contribution in [3.8, 4) is 0 Å². The highest BCUT2D eigenvalue weighted by Gasteiger charge is 2.14. The van der Waals surface area contributed by atoms with Gasteiger partial charge in [-0.05, 0) is 39.0 Å². The Morgan fingerprint density at radius 1 is 1.30 bits per heavy atom. The molecule has 0 fully saturated rings. The van der Waals surface area contributed by atoms with E-state index in [-0.39, 0.29) is 18.0 Å². The Labute approximate surface area is 123 Å². The molecule has 0 saturated carbocycles. The first-order valence-electron chi connectivity index (χ1n) is 6.15. The molecule has 5 nitrogen and oxygen atoms in total. The van der Waals surface area contributed by atoms with Crippen LogP contribution in [0.2, 0.25) is 5.02 Å². The Bertz CT molecular complexity index is 510. The van der Waals surface area contributed by atoms with Crippen LogP contribution in [-0.2, 0) is 9.53 Å². The van der Waals surface area contributed by atoms with Gasteiger partial charge in [0.2, 0.25) is 5.91 Å². The van der Waals surface area contributed by atoms with Crippen molar-refractivity contribution in [1.82, 2.24) is 5.32 Å². The summed E-state index contributed by atoms with van der Waals surface area (Å²) >= 11 is 6.01. The van der Waals surface area contributed by atoms with E-state index < -0.39 is 5.97 Å². The molecule has 1 aromatic carbocycles. The van der Waals surface area contributed by atoms with Crippen molar-refractivity contribution in [3.63, 3.8) is 0 Å². The monoisotopic (exact) mass is 298 g/mol. The number of methoxy groups -OCH3 is 1. The van der Waals surface area contributed by atoms with E-state index in [1.807, 2.05) is 20.8 Å². The molecule has 0 radical (unpaired) electrons. The third-order valence-corrected chi connectivity index (χ3v) is 2.67. The highest BCUT2D eigenvalue weighted by Crippen LogP contribution is 2.23. The van der Waals surface area contributed by atoms with Crippen molar-refractivity contribution >= 4 is 29.2 Å². The highest BCUT2D eigenvalue weighted by molar-refractivity contribution is 6.33. The summed E-state index contributed by atoms with van der Waals surface area (Å²) in [5, 5.41) is 6.16. The van der Waals surface area contributed by atoms with Gasteiger partial charge in [0.05, 0.1) is 29.9 Å². The molecule has 0 bridgehead atoms. The summed E-state index contributed by atoms with van der Waals surface area (Å²) in [4.78, 5) is 23.1. The van der Waals surface area contributed by atoms with Crippen molar-refractivity contribution < 1.29 is 14.3 Å². The number of amides is 1. The summed E-state index contributed by atoms with van der Waals surface area (Å²) in [5.74, 6) is -0.610. The van der Waals surface area contributed by atoms with Crippen LogP contribution in [-0.4, -0.2) is 31.1 Å². The van der Waals surface area contributed by atoms with Crippen molar-refractivity contribution in [2.24, 2.45) is 0 Å². The van der Waals surface area contributed by atoms with E-state index in [4.69, 9.17) is 11.6 Å². The van der Waals surface area contributed by atoms with E-state index in [0.29, 0.717) is 16.3 Å². The second-order valence-electron chi connectivity index (χ2n) is 5.34. The number of carbonyl (C=O) groups excluding carboxylic acids is 2. The number of nitrogens with one attached hydrogen (secondary N) is 2. The van der Waals surface area contributed by atoms with Gasteiger partial charge in [0.15, 0.2) is 0 Å². The lowest BCUT2D eigenvalue weighted by Gasteiger charge is -2.21. The number of benzene rings is 1. The lowest BCUT2D eigenvalue weighted by molar-refractivity contribution is -0.120. The molecule has 0 spiro atoms. The van der Waals surface area contributed by atoms with Crippen LogP contribution in [0.15, 0.2) is 18.2 Å². The quantitative estimate of drug-likeness (QED) is 0.838. The zero-order valence-electron chi connectivity index (χ0n) is 12.0. The van der Waals surface area contributed by atoms with Crippen molar-refractivity contribution in [2.45, 2.75) is 26.3 Å². The summed E-state index contributed by atoms with van der Waals surface area (Å²) in [5.41, 5.74) is 0.588. The molecule has 0 aliphatic heterocycles. The van der Waals surface area contributed by atoms with E-state index in [0.717, 1.165) is 0 Å². The molecule has 2 N–H and O–H groups in total. The van der Waals surface area contributed by atoms with Crippen molar-refractivity contribution in [2.75, 3.05) is 19.0 Å². The molecule has 0 saturated heterocycles. The van der Waals surface area contributed by atoms with Gasteiger partial charge in [-0.25, -0.2) is 4.79 Å². The van der Waals surface area contributed by atoms with E-state index in [9.17, 15) is 9.59 Å². The topological polar surface area (TPSA) is 67.4 Å². The van der Waals surface area contributed by atoms with Gasteiger partial charge in [0.25, 0.3) is 0 Å². The van der Waals surface area contributed by atoms with Crippen LogP contribution in [0.25, 0.3) is 0 Å². The molecule has 0 heterocycles. The fourth-order valence-corrected chi connectivity index (χ4v) is 1.73. The average Bonchev–Trinajstić information content (AvgIpc) is 2.34. The third-order valence-electron chi connectivity index (χ3n) is 2.34. The number of ether oxygens (including phenoxy) is 1. The highest BCUT2D eigenvalue weighted by atomic mass is 35.5. The van der Waals surface area contributed by atoms with Crippen molar-refractivity contribution in [3.05, 3.63) is 28.8 Å². The van der Waals surface area contributed by atoms with Gasteiger partial charge in [-0.1, -0.05) is 11.6 Å². The maximum absolute atomic E-state index is 11.7. The Kier molecular flexibility index (Phi) is 5.39. The smallest absolute Gasteiger partial charge is 0.337 e. The molecule has 1 aromatic rings. The summed E-state index contributed by atoms with van der Waals surface area (Å²) in [6.07, 6.45) is 0. The summed E-state index contributed by atoms with van der Waals surface area (Å²) in [7, 11) is 1.31. The Morgan fingerprint density at radius 2 is 1.95 bits per heavy atom. The minimum atomic E-state index is -0.455. The molecule has 0 unspecified atom stereocenters. The Balaban J connectivity index is 2.72. The lowest BCUT2D eigenvalue weighted by atomic mass is 10.1. The maximum Gasteiger partial charge on any atom is 0.337 e. The average molecular weight is 299 g/mol. The van der Waals surface area contributed by atoms with Crippen LogP contribution >= 0.6 is 11.6 Å². The third kappa shape index (κ3) is 5.09. The first-order valence-corrected chi connectivity index (χ1v) is 6.53. The zero-order chi connectivity index (χ0) is 15.3. The zero-order valence-corrected chi connectivity index (χ0v) is 12.8. The van der Waals surface area contributed by atoms with Gasteiger partial charge in [-0.15, -0.1) is 0 Å². The molecule has 110 valence electrons. The second kappa shape index (κ2) is 6.61. The summed E-state index contributed by atoms with van der Waals surface area (Å²) in [6.45, 7) is 5.77. The number of rotatable bonds is 4. The van der Waals surface area contributed by atoms with Crippen LogP contribution in [0.3, 0.4) is 0 Å². The molecule has 1 amide bonds. The van der Waals surface area contributed by atoms with E-state index in [2.05, 4.69) is 15.4 Å². The molecule has 20 heavy (non-hydrogen) atoms. The number of hydrogen-bond acceptors (Lipinski definition) is 4. The first kappa shape index (κ1) is 16.3. The number of hydrogen-bond donors (Lipinski definition) is 2. The molecule has 0 atom stereocenters. The van der Waals surface area contributed by atoms with Crippen LogP contribution in [0.5, 0.6) is 0 Å². The summed E-state index contributed by atoms with van der Waals surface area (Å²) < 4.78 is 4.63. The fourth-order valence-electron chi connectivity index (χ4n) is 1.54. The lowest BCUT2D eigenvalue weighted by Crippen LogP contribution is -2.43. The van der Waals surface area contributed by atoms with E-state index in [1.54, 1.807) is 18.2 Å². The Morgan fingerprint density at radius 3 is 2.50 bits per heavy atom. The van der Waals surface area contributed by atoms with Crippen LogP contribution in [0, 0.1) is 0 Å². The SMILES string of the molecule is COC(=O)c1ccc(Cl)c(NCC(=O)NC(C)(C)C)c1. The minimum Gasteiger partial charge on any atom is -0.465 e. The van der Waals surface area contributed by atoms with E-state index in [1.165, 1.54) is 7.11 Å². The predicted octanol–water partition coefficient (Wildman–Crippen LogP) is 2.45. The van der Waals surface area contributed by atoms with Gasteiger partial charge < -0.3 is 15.4 Å². The number of esters is 1.